The molecule has 0 radical (unpaired) electrons. The maximum absolute atomic E-state index is 2.34. The van der Waals surface area contributed by atoms with Crippen LogP contribution in [0.1, 0.15) is 12.6 Å². The summed E-state index contributed by atoms with van der Waals surface area (Å²) in [6.45, 7) is 4.54. The van der Waals surface area contributed by atoms with Crippen molar-refractivity contribution in [3.63, 3.8) is 0 Å². The molecular formula is C10H13P2Sc. The molecule has 0 nitrogen and oxygen atoms in total. The average molecular weight is 240 g/mol. The van der Waals surface area contributed by atoms with Crippen molar-refractivity contribution in [1.82, 2.24) is 0 Å². The topological polar surface area (TPSA) is 0 Å². The minimum Gasteiger partial charge on any atom is -1.00 e. The van der Waals surface area contributed by atoms with Gasteiger partial charge in [-0.05, 0) is 0 Å². The summed E-state index contributed by atoms with van der Waals surface area (Å²) in [6, 6.07) is 4.60. The summed E-state index contributed by atoms with van der Waals surface area (Å²) in [5.41, 5.74) is 3.13. The van der Waals surface area contributed by atoms with Crippen LogP contribution in [0.25, 0.3) is 0 Å². The van der Waals surface area contributed by atoms with Crippen molar-refractivity contribution in [2.45, 2.75) is 13.8 Å². The summed E-state index contributed by atoms with van der Waals surface area (Å²) < 4.78 is 3.60. The van der Waals surface area contributed by atoms with Crippen molar-refractivity contribution in [2.75, 3.05) is 0 Å². The quantitative estimate of drug-likeness (QED) is 0.756. The molecule has 0 aliphatic rings. The van der Waals surface area contributed by atoms with E-state index in [2.05, 4.69) is 37.6 Å². The fourth-order valence-corrected chi connectivity index (χ4v) is 8.12. The molecule has 2 atom stereocenters. The van der Waals surface area contributed by atoms with Gasteiger partial charge in [0.05, 0.1) is 0 Å². The molecule has 0 aromatic carbocycles. The van der Waals surface area contributed by atoms with Gasteiger partial charge in [0.2, 0.25) is 0 Å². The van der Waals surface area contributed by atoms with Gasteiger partial charge in [0.15, 0.2) is 0 Å². The van der Waals surface area contributed by atoms with Crippen molar-refractivity contribution in [3.05, 3.63) is 34.9 Å². The molecule has 0 aliphatic carbocycles. The Balaban J connectivity index is 0.000000980. The Morgan fingerprint density at radius 2 is 1.46 bits per heavy atom. The molecule has 2 rings (SSSR count). The Hall–Kier alpha value is 0.430. The smallest absolute Gasteiger partial charge is 1.00 e. The zero-order chi connectivity index (χ0) is 9.26. The van der Waals surface area contributed by atoms with Crippen LogP contribution in [-0.4, -0.2) is 0 Å². The molecule has 2 aromatic heterocycles. The van der Waals surface area contributed by atoms with E-state index in [1.807, 2.05) is 0 Å². The van der Waals surface area contributed by atoms with Gasteiger partial charge in [0, 0.05) is 0 Å². The van der Waals surface area contributed by atoms with Crippen LogP contribution in [0.15, 0.2) is 23.7 Å². The number of aryl methyl sites for hydroxylation is 2. The zero-order valence-electron chi connectivity index (χ0n) is 8.89. The maximum Gasteiger partial charge on any atom is -1.00 e. The minimum absolute atomic E-state index is 0. The van der Waals surface area contributed by atoms with Crippen molar-refractivity contribution < 1.29 is 24.3 Å². The number of rotatable bonds is 2. The molecule has 2 unspecified atom stereocenters. The molecule has 0 saturated carbocycles. The van der Waals surface area contributed by atoms with Gasteiger partial charge in [-0.3, -0.25) is 0 Å². The third-order valence-electron chi connectivity index (χ3n) is 2.28. The standard InChI is InChI=1S/2C5H6P.Sc.H/c2*1-5-2-3-6-4-5;;/h2*2-3,6H,1H3;;/q;;+1;-1. The molecule has 0 amide bonds. The molecule has 0 saturated heterocycles. The third-order valence-corrected chi connectivity index (χ3v) is 9.44. The monoisotopic (exact) mass is 240 g/mol. The van der Waals surface area contributed by atoms with E-state index in [0.717, 1.165) is 16.4 Å². The molecule has 2 heterocycles. The van der Waals surface area contributed by atoms with Gasteiger partial charge < -0.3 is 1.43 Å². The second-order valence-electron chi connectivity index (χ2n) is 3.29. The molecule has 66 valence electrons. The van der Waals surface area contributed by atoms with Crippen LogP contribution < -0.4 is 6.10 Å². The van der Waals surface area contributed by atoms with Gasteiger partial charge >= 0.3 is 94.1 Å². The maximum atomic E-state index is 2.34. The predicted octanol–water partition coefficient (Wildman–Crippen LogP) is 2.51. The first-order valence-corrected chi connectivity index (χ1v) is 8.36. The zero-order valence-corrected chi connectivity index (χ0v) is 11.7. The molecule has 13 heavy (non-hydrogen) atoms. The molecule has 0 fully saturated rings. The Labute approximate surface area is 95.2 Å². The largest absolute Gasteiger partial charge is 1.00 e. The molecule has 2 aromatic rings. The Morgan fingerprint density at radius 1 is 1.00 bits per heavy atom. The van der Waals surface area contributed by atoms with Crippen LogP contribution in [-0.2, 0) is 22.9 Å². The van der Waals surface area contributed by atoms with Crippen molar-refractivity contribution in [3.8, 4) is 0 Å². The van der Waals surface area contributed by atoms with E-state index in [1.54, 1.807) is 17.2 Å². The van der Waals surface area contributed by atoms with E-state index in [0.29, 0.717) is 0 Å². The first-order chi connectivity index (χ1) is 6.27. The molecule has 0 aliphatic heterocycles. The summed E-state index contributed by atoms with van der Waals surface area (Å²) in [5.74, 6) is 4.67. The normalized spacial score (nSPS) is 11.2. The Kier molecular flexibility index (Phi) is 3.30. The summed E-state index contributed by atoms with van der Waals surface area (Å²) in [4.78, 5) is 0. The van der Waals surface area contributed by atoms with Gasteiger partial charge in [-0.1, -0.05) is 0 Å². The second-order valence-corrected chi connectivity index (χ2v) is 9.67. The van der Waals surface area contributed by atoms with Crippen LogP contribution in [0, 0.1) is 13.8 Å². The summed E-state index contributed by atoms with van der Waals surface area (Å²) in [6.07, 6.45) is 0. The molecule has 3 heteroatoms. The molecular weight excluding hydrogens is 227 g/mol. The molecule has 0 spiro atoms. The SMILES string of the molecule is Cc1cc[pH][c]1[Sc+][c]1[pH]ccc1C.[H-]. The van der Waals surface area contributed by atoms with Crippen molar-refractivity contribution in [1.29, 1.82) is 0 Å². The summed E-state index contributed by atoms with van der Waals surface area (Å²) in [5, 5.41) is 0. The minimum atomic E-state index is -0.233. The third kappa shape index (κ3) is 2.27. The summed E-state index contributed by atoms with van der Waals surface area (Å²) >= 11 is -0.233. The van der Waals surface area contributed by atoms with Gasteiger partial charge in [0.25, 0.3) is 0 Å². The molecule has 0 N–H and O–H groups in total. The van der Waals surface area contributed by atoms with Gasteiger partial charge in [-0.15, -0.1) is 0 Å². The van der Waals surface area contributed by atoms with Crippen LogP contribution >= 0.6 is 16.4 Å². The fourth-order valence-electron chi connectivity index (χ4n) is 1.38. The van der Waals surface area contributed by atoms with Crippen molar-refractivity contribution in [2.24, 2.45) is 0 Å². The van der Waals surface area contributed by atoms with E-state index in [-0.39, 0.29) is 24.3 Å². The predicted molar refractivity (Wildman–Crippen MR) is 61.7 cm³/mol. The number of hydrogen-bond donors (Lipinski definition) is 0. The van der Waals surface area contributed by atoms with Gasteiger partial charge in [0.1, 0.15) is 0 Å². The van der Waals surface area contributed by atoms with E-state index < -0.39 is 0 Å². The Morgan fingerprint density at radius 3 is 1.77 bits per heavy atom. The van der Waals surface area contributed by atoms with E-state index >= 15 is 0 Å². The molecule has 0 bridgehead atoms. The van der Waals surface area contributed by atoms with Gasteiger partial charge in [-0.2, -0.15) is 0 Å². The van der Waals surface area contributed by atoms with Crippen LogP contribution in [0.4, 0.5) is 0 Å². The van der Waals surface area contributed by atoms with Crippen LogP contribution in [0.5, 0.6) is 0 Å². The average Bonchev–Trinajstić information content (AvgIpc) is 2.65. The second kappa shape index (κ2) is 4.30. The first kappa shape index (κ1) is 9.97. The summed E-state index contributed by atoms with van der Waals surface area (Å²) in [7, 11) is 2.01. The first-order valence-electron chi connectivity index (χ1n) is 4.40. The van der Waals surface area contributed by atoms with Crippen LogP contribution in [0.2, 0.25) is 0 Å². The van der Waals surface area contributed by atoms with E-state index in [4.69, 9.17) is 0 Å². The van der Waals surface area contributed by atoms with E-state index in [9.17, 15) is 0 Å². The van der Waals surface area contributed by atoms with Gasteiger partial charge in [-0.25, -0.2) is 0 Å². The number of hydrogen-bond acceptors (Lipinski definition) is 0. The van der Waals surface area contributed by atoms with E-state index in [1.165, 1.54) is 0 Å². The van der Waals surface area contributed by atoms with Crippen LogP contribution in [0.3, 0.4) is 0 Å². The fraction of sp³-hybridized carbons (Fsp3) is 0.200. The Bertz CT molecular complexity index is 367. The van der Waals surface area contributed by atoms with Crippen molar-refractivity contribution >= 4 is 22.5 Å².